The summed E-state index contributed by atoms with van der Waals surface area (Å²) in [4.78, 5) is 20.0. The standard InChI is InChI=1S/C13H15N3O2/c1-3-12-14-6-10(7-15-12)13(17)16-8-11-5-4-9(2)18-11/h4-7H,3,8H2,1-2H3,(H,16,17). The minimum Gasteiger partial charge on any atom is -0.465 e. The summed E-state index contributed by atoms with van der Waals surface area (Å²) in [5.41, 5.74) is 0.454. The molecule has 1 N–H and O–H groups in total. The van der Waals surface area contributed by atoms with E-state index in [4.69, 9.17) is 4.42 Å². The molecule has 0 bridgehead atoms. The largest absolute Gasteiger partial charge is 0.465 e. The summed E-state index contributed by atoms with van der Waals surface area (Å²) >= 11 is 0. The molecule has 0 aliphatic heterocycles. The van der Waals surface area contributed by atoms with Crippen molar-refractivity contribution < 1.29 is 9.21 Å². The Hall–Kier alpha value is -2.17. The van der Waals surface area contributed by atoms with Crippen molar-refractivity contribution in [3.05, 3.63) is 47.4 Å². The van der Waals surface area contributed by atoms with Crippen LogP contribution >= 0.6 is 0 Å². The van der Waals surface area contributed by atoms with Crippen molar-refractivity contribution in [1.82, 2.24) is 15.3 Å². The van der Waals surface area contributed by atoms with Crippen LogP contribution in [0.5, 0.6) is 0 Å². The van der Waals surface area contributed by atoms with E-state index in [1.54, 1.807) is 0 Å². The van der Waals surface area contributed by atoms with Crippen LogP contribution in [0.3, 0.4) is 0 Å². The van der Waals surface area contributed by atoms with Gasteiger partial charge in [0.05, 0.1) is 12.1 Å². The zero-order valence-electron chi connectivity index (χ0n) is 10.4. The van der Waals surface area contributed by atoms with Crippen LogP contribution in [0.15, 0.2) is 28.9 Å². The SMILES string of the molecule is CCc1ncc(C(=O)NCc2ccc(C)o2)cn1. The van der Waals surface area contributed by atoms with Gasteiger partial charge in [-0.2, -0.15) is 0 Å². The van der Waals surface area contributed by atoms with Crippen molar-refractivity contribution in [1.29, 1.82) is 0 Å². The van der Waals surface area contributed by atoms with Gasteiger partial charge in [0.2, 0.25) is 0 Å². The Kier molecular flexibility index (Phi) is 3.72. The number of nitrogens with one attached hydrogen (secondary N) is 1. The van der Waals surface area contributed by atoms with E-state index in [0.717, 1.165) is 23.8 Å². The molecule has 0 atom stereocenters. The van der Waals surface area contributed by atoms with E-state index >= 15 is 0 Å². The first kappa shape index (κ1) is 12.3. The summed E-state index contributed by atoms with van der Waals surface area (Å²) in [6, 6.07) is 3.70. The van der Waals surface area contributed by atoms with Gasteiger partial charge >= 0.3 is 0 Å². The van der Waals surface area contributed by atoms with Crippen LogP contribution in [0.1, 0.15) is 34.6 Å². The summed E-state index contributed by atoms with van der Waals surface area (Å²) in [6.45, 7) is 4.19. The second kappa shape index (κ2) is 5.44. The van der Waals surface area contributed by atoms with Crippen molar-refractivity contribution >= 4 is 5.91 Å². The number of carbonyl (C=O) groups is 1. The molecule has 0 aliphatic rings. The first-order valence-corrected chi connectivity index (χ1v) is 5.83. The second-order valence-corrected chi connectivity index (χ2v) is 3.94. The molecule has 0 spiro atoms. The molecule has 0 fully saturated rings. The topological polar surface area (TPSA) is 68.0 Å². The summed E-state index contributed by atoms with van der Waals surface area (Å²) < 4.78 is 5.36. The van der Waals surface area contributed by atoms with Gasteiger partial charge in [0.25, 0.3) is 5.91 Å². The normalized spacial score (nSPS) is 10.3. The van der Waals surface area contributed by atoms with E-state index in [1.807, 2.05) is 26.0 Å². The van der Waals surface area contributed by atoms with Crippen LogP contribution in [0.2, 0.25) is 0 Å². The van der Waals surface area contributed by atoms with Gasteiger partial charge in [0, 0.05) is 18.8 Å². The minimum absolute atomic E-state index is 0.202. The lowest BCUT2D eigenvalue weighted by Crippen LogP contribution is -2.23. The predicted octanol–water partition coefficient (Wildman–Crippen LogP) is 1.87. The highest BCUT2D eigenvalue weighted by Crippen LogP contribution is 2.06. The molecular weight excluding hydrogens is 230 g/mol. The van der Waals surface area contributed by atoms with Crippen molar-refractivity contribution in [2.45, 2.75) is 26.8 Å². The molecule has 2 aromatic rings. The fourth-order valence-electron chi connectivity index (χ4n) is 1.50. The lowest BCUT2D eigenvalue weighted by Gasteiger charge is -2.03. The average molecular weight is 245 g/mol. The second-order valence-electron chi connectivity index (χ2n) is 3.94. The summed E-state index contributed by atoms with van der Waals surface area (Å²) in [5.74, 6) is 2.08. The van der Waals surface area contributed by atoms with E-state index in [0.29, 0.717) is 12.1 Å². The van der Waals surface area contributed by atoms with Gasteiger partial charge in [-0.15, -0.1) is 0 Å². The molecule has 5 nitrogen and oxygen atoms in total. The van der Waals surface area contributed by atoms with E-state index in [-0.39, 0.29) is 5.91 Å². The Morgan fingerprint density at radius 2 is 2.06 bits per heavy atom. The first-order valence-electron chi connectivity index (χ1n) is 5.83. The monoisotopic (exact) mass is 245 g/mol. The number of amides is 1. The van der Waals surface area contributed by atoms with Gasteiger partial charge in [-0.05, 0) is 19.1 Å². The molecule has 0 aromatic carbocycles. The molecule has 0 unspecified atom stereocenters. The highest BCUT2D eigenvalue weighted by Gasteiger charge is 2.07. The van der Waals surface area contributed by atoms with E-state index < -0.39 is 0 Å². The number of furan rings is 1. The first-order chi connectivity index (χ1) is 8.69. The molecule has 0 saturated heterocycles. The maximum absolute atomic E-state index is 11.8. The summed E-state index contributed by atoms with van der Waals surface area (Å²) in [5, 5.41) is 2.75. The molecular formula is C13H15N3O2. The number of rotatable bonds is 4. The molecule has 94 valence electrons. The third-order valence-electron chi connectivity index (χ3n) is 2.50. The van der Waals surface area contributed by atoms with Crippen LogP contribution in [-0.2, 0) is 13.0 Å². The lowest BCUT2D eigenvalue weighted by molar-refractivity contribution is 0.0947. The molecule has 0 aliphatic carbocycles. The number of aromatic nitrogens is 2. The minimum atomic E-state index is -0.202. The fraction of sp³-hybridized carbons (Fsp3) is 0.308. The van der Waals surface area contributed by atoms with Gasteiger partial charge in [0.15, 0.2) is 0 Å². The Bertz CT molecular complexity index is 531. The van der Waals surface area contributed by atoms with Crippen LogP contribution in [0.4, 0.5) is 0 Å². The Morgan fingerprint density at radius 3 is 2.61 bits per heavy atom. The summed E-state index contributed by atoms with van der Waals surface area (Å²) in [6.07, 6.45) is 3.83. The van der Waals surface area contributed by atoms with Crippen LogP contribution in [0, 0.1) is 6.92 Å². The van der Waals surface area contributed by atoms with Gasteiger partial charge < -0.3 is 9.73 Å². The average Bonchev–Trinajstić information content (AvgIpc) is 2.82. The zero-order chi connectivity index (χ0) is 13.0. The van der Waals surface area contributed by atoms with Gasteiger partial charge in [-0.3, -0.25) is 4.79 Å². The number of hydrogen-bond donors (Lipinski definition) is 1. The number of hydrogen-bond acceptors (Lipinski definition) is 4. The molecule has 0 saturated carbocycles. The smallest absolute Gasteiger partial charge is 0.254 e. The number of nitrogens with zero attached hydrogens (tertiary/aromatic N) is 2. The third-order valence-corrected chi connectivity index (χ3v) is 2.50. The van der Waals surface area contributed by atoms with E-state index in [9.17, 15) is 4.79 Å². The van der Waals surface area contributed by atoms with Crippen molar-refractivity contribution in [3.8, 4) is 0 Å². The Balaban J connectivity index is 1.94. The lowest BCUT2D eigenvalue weighted by atomic mass is 10.3. The van der Waals surface area contributed by atoms with E-state index in [1.165, 1.54) is 12.4 Å². The third kappa shape index (κ3) is 2.94. The van der Waals surface area contributed by atoms with Gasteiger partial charge in [-0.1, -0.05) is 6.92 Å². The Labute approximate surface area is 105 Å². The molecule has 2 rings (SSSR count). The molecule has 5 heteroatoms. The number of carbonyl (C=O) groups excluding carboxylic acids is 1. The van der Waals surface area contributed by atoms with Gasteiger partial charge in [0.1, 0.15) is 17.3 Å². The fourth-order valence-corrected chi connectivity index (χ4v) is 1.50. The van der Waals surface area contributed by atoms with Crippen molar-refractivity contribution in [3.63, 3.8) is 0 Å². The highest BCUT2D eigenvalue weighted by atomic mass is 16.3. The molecule has 2 heterocycles. The number of aryl methyl sites for hydroxylation is 2. The van der Waals surface area contributed by atoms with Gasteiger partial charge in [-0.25, -0.2) is 9.97 Å². The summed E-state index contributed by atoms with van der Waals surface area (Å²) in [7, 11) is 0. The predicted molar refractivity (Wildman–Crippen MR) is 66.0 cm³/mol. The van der Waals surface area contributed by atoms with Crippen LogP contribution in [-0.4, -0.2) is 15.9 Å². The maximum Gasteiger partial charge on any atom is 0.254 e. The molecule has 0 radical (unpaired) electrons. The molecule has 1 amide bonds. The van der Waals surface area contributed by atoms with Crippen LogP contribution in [0.25, 0.3) is 0 Å². The molecule has 2 aromatic heterocycles. The van der Waals surface area contributed by atoms with Crippen molar-refractivity contribution in [2.24, 2.45) is 0 Å². The molecule has 18 heavy (non-hydrogen) atoms. The quantitative estimate of drug-likeness (QED) is 0.892. The maximum atomic E-state index is 11.8. The van der Waals surface area contributed by atoms with Crippen molar-refractivity contribution in [2.75, 3.05) is 0 Å². The highest BCUT2D eigenvalue weighted by molar-refractivity contribution is 5.93. The Morgan fingerprint density at radius 1 is 1.33 bits per heavy atom. The zero-order valence-corrected chi connectivity index (χ0v) is 10.4. The van der Waals surface area contributed by atoms with Crippen LogP contribution < -0.4 is 5.32 Å². The van der Waals surface area contributed by atoms with E-state index in [2.05, 4.69) is 15.3 Å².